The number of amides is 2. The lowest BCUT2D eigenvalue weighted by atomic mass is 9.96. The molecule has 2 amide bonds. The zero-order chi connectivity index (χ0) is 28.5. The van der Waals surface area contributed by atoms with Gasteiger partial charge in [0.2, 0.25) is 0 Å². The monoisotopic (exact) mass is 583 g/mol. The van der Waals surface area contributed by atoms with Gasteiger partial charge in [-0.25, -0.2) is 4.98 Å². The van der Waals surface area contributed by atoms with Gasteiger partial charge in [0.1, 0.15) is 5.69 Å². The summed E-state index contributed by atoms with van der Waals surface area (Å²) in [6.07, 6.45) is 8.15. The molecule has 2 saturated heterocycles. The molecule has 2 N–H and O–H groups in total. The van der Waals surface area contributed by atoms with Crippen LogP contribution >= 0.6 is 11.3 Å². The highest BCUT2D eigenvalue weighted by Gasteiger charge is 2.32. The number of H-pyrrole nitrogens is 1. The molecule has 4 aromatic rings. The number of benzene rings is 1. The van der Waals surface area contributed by atoms with Crippen LogP contribution in [0, 0.1) is 0 Å². The molecule has 0 bridgehead atoms. The minimum Gasteiger partial charge on any atom is -0.379 e. The third-order valence-electron chi connectivity index (χ3n) is 8.53. The van der Waals surface area contributed by atoms with Crippen LogP contribution in [0.4, 0.5) is 5.13 Å². The number of fused-ring (bicyclic) bond motifs is 1. The van der Waals surface area contributed by atoms with Crippen molar-refractivity contribution >= 4 is 28.3 Å². The lowest BCUT2D eigenvalue weighted by Gasteiger charge is -2.36. The number of nitrogens with one attached hydrogen (secondary N) is 2. The number of nitrogens with zero attached hydrogens (tertiary/aromatic N) is 5. The van der Waals surface area contributed by atoms with Gasteiger partial charge in [0.15, 0.2) is 5.13 Å². The highest BCUT2D eigenvalue weighted by atomic mass is 32.1. The Morgan fingerprint density at radius 2 is 1.90 bits per heavy atom. The Morgan fingerprint density at radius 1 is 1.05 bits per heavy atom. The summed E-state index contributed by atoms with van der Waals surface area (Å²) in [6, 6.07) is 13.5. The van der Waals surface area contributed by atoms with Crippen molar-refractivity contribution in [2.75, 3.05) is 38.2 Å². The number of thiazole rings is 1. The van der Waals surface area contributed by atoms with E-state index in [1.807, 2.05) is 41.3 Å². The van der Waals surface area contributed by atoms with E-state index in [9.17, 15) is 9.59 Å². The van der Waals surface area contributed by atoms with Gasteiger partial charge in [0.05, 0.1) is 30.6 Å². The number of anilines is 1. The van der Waals surface area contributed by atoms with Crippen molar-refractivity contribution < 1.29 is 14.3 Å². The normalized spacial score (nSPS) is 20.8. The molecule has 1 aliphatic carbocycles. The summed E-state index contributed by atoms with van der Waals surface area (Å²) in [7, 11) is 0. The molecule has 2 aliphatic heterocycles. The molecule has 2 unspecified atom stereocenters. The van der Waals surface area contributed by atoms with E-state index in [4.69, 9.17) is 9.72 Å². The smallest absolute Gasteiger partial charge is 0.272 e. The number of aryl methyl sites for hydroxylation is 1. The predicted octanol–water partition coefficient (Wildman–Crippen LogP) is 4.35. The van der Waals surface area contributed by atoms with E-state index in [0.29, 0.717) is 34.7 Å². The molecule has 42 heavy (non-hydrogen) atoms. The highest BCUT2D eigenvalue weighted by molar-refractivity contribution is 7.15. The fraction of sp³-hybridized carbons (Fsp3) is 0.387. The van der Waals surface area contributed by atoms with Gasteiger partial charge < -0.3 is 9.64 Å². The molecule has 0 saturated carbocycles. The van der Waals surface area contributed by atoms with E-state index >= 15 is 0 Å². The van der Waals surface area contributed by atoms with Gasteiger partial charge in [-0.05, 0) is 68.0 Å². The second-order valence-electron chi connectivity index (χ2n) is 11.1. The minimum absolute atomic E-state index is 0.0936. The van der Waals surface area contributed by atoms with Gasteiger partial charge in [-0.2, -0.15) is 5.10 Å². The van der Waals surface area contributed by atoms with Crippen molar-refractivity contribution in [3.05, 3.63) is 82.3 Å². The highest BCUT2D eigenvalue weighted by Crippen LogP contribution is 2.35. The maximum Gasteiger partial charge on any atom is 0.272 e. The van der Waals surface area contributed by atoms with Gasteiger partial charge in [0, 0.05) is 54.1 Å². The molecule has 5 heterocycles. The van der Waals surface area contributed by atoms with E-state index in [-0.39, 0.29) is 17.9 Å². The minimum atomic E-state index is -0.181. The maximum atomic E-state index is 13.5. The quantitative estimate of drug-likeness (QED) is 0.347. The van der Waals surface area contributed by atoms with E-state index in [1.54, 1.807) is 29.8 Å². The summed E-state index contributed by atoms with van der Waals surface area (Å²) in [5, 5.41) is 10.9. The van der Waals surface area contributed by atoms with Crippen LogP contribution in [0.5, 0.6) is 0 Å². The van der Waals surface area contributed by atoms with Gasteiger partial charge >= 0.3 is 0 Å². The Kier molecular flexibility index (Phi) is 7.54. The molecule has 3 aromatic heterocycles. The Balaban J connectivity index is 1.03. The van der Waals surface area contributed by atoms with Crippen LogP contribution in [0.2, 0.25) is 0 Å². The van der Waals surface area contributed by atoms with Crippen LogP contribution < -0.4 is 5.32 Å². The molecule has 2 atom stereocenters. The molecule has 0 radical (unpaired) electrons. The summed E-state index contributed by atoms with van der Waals surface area (Å²) >= 11 is 1.59. The van der Waals surface area contributed by atoms with Crippen molar-refractivity contribution in [2.24, 2.45) is 0 Å². The zero-order valence-corrected chi connectivity index (χ0v) is 24.1. The van der Waals surface area contributed by atoms with E-state index in [2.05, 4.69) is 25.4 Å². The van der Waals surface area contributed by atoms with Crippen LogP contribution in [0.3, 0.4) is 0 Å². The van der Waals surface area contributed by atoms with Crippen molar-refractivity contribution in [1.29, 1.82) is 0 Å². The van der Waals surface area contributed by atoms with Crippen LogP contribution in [0.15, 0.2) is 54.9 Å². The molecular weight excluding hydrogens is 550 g/mol. The fourth-order valence-electron chi connectivity index (χ4n) is 6.33. The average molecular weight is 584 g/mol. The number of carbonyl (C=O) groups is 2. The Morgan fingerprint density at radius 3 is 2.76 bits per heavy atom. The first kappa shape index (κ1) is 26.9. The van der Waals surface area contributed by atoms with Crippen molar-refractivity contribution in [1.82, 2.24) is 30.0 Å². The second-order valence-corrected chi connectivity index (χ2v) is 12.2. The largest absolute Gasteiger partial charge is 0.379 e. The van der Waals surface area contributed by atoms with Crippen molar-refractivity contribution in [3.63, 3.8) is 0 Å². The number of morpholine rings is 1. The van der Waals surface area contributed by atoms with E-state index in [1.165, 1.54) is 4.88 Å². The Hall–Kier alpha value is -3.93. The third kappa shape index (κ3) is 5.47. The maximum absolute atomic E-state index is 13.5. The van der Waals surface area contributed by atoms with E-state index < -0.39 is 0 Å². The number of rotatable bonds is 6. The first-order valence-corrected chi connectivity index (χ1v) is 15.4. The topological polar surface area (TPSA) is 116 Å². The Bertz CT molecular complexity index is 1580. The number of hydrogen-bond acceptors (Lipinski definition) is 8. The lowest BCUT2D eigenvalue weighted by molar-refractivity contribution is 0.0139. The first-order valence-electron chi connectivity index (χ1n) is 14.6. The van der Waals surface area contributed by atoms with Gasteiger partial charge in [-0.15, -0.1) is 11.3 Å². The van der Waals surface area contributed by atoms with Crippen LogP contribution in [0.1, 0.15) is 62.3 Å². The number of aromatic amines is 1. The molecule has 2 fully saturated rings. The number of ether oxygens (including phenoxy) is 1. The fourth-order valence-corrected chi connectivity index (χ4v) is 7.41. The Labute approximate surface area is 248 Å². The zero-order valence-electron chi connectivity index (χ0n) is 23.3. The van der Waals surface area contributed by atoms with Gasteiger partial charge in [-0.3, -0.25) is 29.9 Å². The molecule has 7 rings (SSSR count). The number of hydrogen-bond donors (Lipinski definition) is 2. The predicted molar refractivity (Wildman–Crippen MR) is 160 cm³/mol. The second kappa shape index (κ2) is 11.7. The summed E-state index contributed by atoms with van der Waals surface area (Å²) in [6.45, 7) is 4.22. The third-order valence-corrected chi connectivity index (χ3v) is 9.56. The molecular formula is C31H33N7O3S. The van der Waals surface area contributed by atoms with Gasteiger partial charge in [0.25, 0.3) is 11.8 Å². The molecule has 0 spiro atoms. The summed E-state index contributed by atoms with van der Waals surface area (Å²) in [4.78, 5) is 41.3. The number of carbonyl (C=O) groups excluding carboxylic acids is 2. The van der Waals surface area contributed by atoms with Crippen LogP contribution in [-0.2, 0) is 17.6 Å². The SMILES string of the molecule is O=C(Nc1nc2c(s1)CC(N1CCOCC1)CC2)c1cccc(C2CCCN2C(=O)c2cc(-c3ccncc3)n[nH]2)c1. The molecule has 216 valence electrons. The average Bonchev–Trinajstić information content (AvgIpc) is 3.81. The molecule has 1 aromatic carbocycles. The summed E-state index contributed by atoms with van der Waals surface area (Å²) < 4.78 is 5.52. The standard InChI is InChI=1S/C31H33N7O3S/c39-29(34-31-33-24-7-6-23(18-28(24)42-31)37-13-15-41-16-14-37)22-4-1-3-21(17-22)27-5-2-12-38(27)30(40)26-19-25(35-36-26)20-8-10-32-11-9-20/h1,3-4,8-11,17,19,23,27H,2,5-7,12-16,18H2,(H,35,36)(H,33,34,39). The van der Waals surface area contributed by atoms with Gasteiger partial charge in [-0.1, -0.05) is 12.1 Å². The summed E-state index contributed by atoms with van der Waals surface area (Å²) in [5.41, 5.74) is 4.68. The summed E-state index contributed by atoms with van der Waals surface area (Å²) in [5.74, 6) is -0.275. The lowest BCUT2D eigenvalue weighted by Crippen LogP contribution is -2.45. The van der Waals surface area contributed by atoms with Crippen LogP contribution in [0.25, 0.3) is 11.3 Å². The number of pyridine rings is 1. The molecule has 3 aliphatic rings. The number of likely N-dealkylation sites (tertiary alicyclic amines) is 1. The molecule has 11 heteroatoms. The number of aromatic nitrogens is 4. The van der Waals surface area contributed by atoms with Crippen molar-refractivity contribution in [2.45, 2.75) is 44.2 Å². The molecule has 10 nitrogen and oxygen atoms in total. The van der Waals surface area contributed by atoms with Crippen molar-refractivity contribution in [3.8, 4) is 11.3 Å². The first-order chi connectivity index (χ1) is 20.6. The van der Waals surface area contributed by atoms with Crippen LogP contribution in [-0.4, -0.2) is 80.7 Å². The van der Waals surface area contributed by atoms with E-state index in [0.717, 1.165) is 75.2 Å².